The van der Waals surface area contributed by atoms with E-state index in [-0.39, 0.29) is 35.7 Å². The van der Waals surface area contributed by atoms with Crippen LogP contribution >= 0.6 is 0 Å². The summed E-state index contributed by atoms with van der Waals surface area (Å²) in [6, 6.07) is 3.08. The van der Waals surface area contributed by atoms with E-state index in [0.717, 1.165) is 11.1 Å². The molecule has 1 fully saturated rings. The van der Waals surface area contributed by atoms with Crippen molar-refractivity contribution in [3.05, 3.63) is 33.4 Å². The number of likely N-dealkylation sites (tertiary alicyclic amines) is 1. The van der Waals surface area contributed by atoms with Crippen LogP contribution in [0.3, 0.4) is 0 Å². The number of nitrogens with one attached hydrogen (secondary N) is 1. The Balaban J connectivity index is 1.96. The van der Waals surface area contributed by atoms with Gasteiger partial charge in [-0.1, -0.05) is 0 Å². The fourth-order valence-electron chi connectivity index (χ4n) is 2.94. The van der Waals surface area contributed by atoms with Gasteiger partial charge in [0.05, 0.1) is 24.5 Å². The standard InChI is InChI=1S/C17H23N3O5/c1-11-8-14(15(20(23)24)9-12(11)2)18-16(21)10-19-6-4-13(5-7-19)17(22)25-3/h8-9,13H,4-7,10H2,1-3H3,(H,18,21). The molecule has 8 nitrogen and oxygen atoms in total. The number of nitro benzene ring substituents is 1. The maximum absolute atomic E-state index is 12.3. The first-order valence-corrected chi connectivity index (χ1v) is 8.17. The third kappa shape index (κ3) is 4.76. The van der Waals surface area contributed by atoms with Crippen molar-refractivity contribution in [2.45, 2.75) is 26.7 Å². The van der Waals surface area contributed by atoms with E-state index in [2.05, 4.69) is 5.32 Å². The van der Waals surface area contributed by atoms with Crippen LogP contribution < -0.4 is 5.32 Å². The van der Waals surface area contributed by atoms with Crippen molar-refractivity contribution in [2.75, 3.05) is 32.1 Å². The molecule has 136 valence electrons. The molecule has 0 aliphatic carbocycles. The van der Waals surface area contributed by atoms with Crippen molar-refractivity contribution in [1.82, 2.24) is 4.90 Å². The zero-order chi connectivity index (χ0) is 18.6. The summed E-state index contributed by atoms with van der Waals surface area (Å²) in [6.45, 7) is 4.99. The van der Waals surface area contributed by atoms with Gasteiger partial charge in [-0.2, -0.15) is 0 Å². The Labute approximate surface area is 146 Å². The third-order valence-electron chi connectivity index (χ3n) is 4.57. The lowest BCUT2D eigenvalue weighted by atomic mass is 9.97. The molecular weight excluding hydrogens is 326 g/mol. The van der Waals surface area contributed by atoms with Gasteiger partial charge in [-0.3, -0.25) is 24.6 Å². The number of anilines is 1. The summed E-state index contributed by atoms with van der Waals surface area (Å²) in [6.07, 6.45) is 1.29. The number of hydrogen-bond donors (Lipinski definition) is 1. The number of nitrogens with zero attached hydrogens (tertiary/aromatic N) is 2. The fraction of sp³-hybridized carbons (Fsp3) is 0.529. The van der Waals surface area contributed by atoms with Gasteiger partial charge in [0.15, 0.2) is 0 Å². The Kier molecular flexibility index (Phi) is 6.08. The molecule has 1 N–H and O–H groups in total. The molecule has 1 aromatic rings. The first kappa shape index (κ1) is 18.9. The molecule has 1 saturated heterocycles. The van der Waals surface area contributed by atoms with Crippen LogP contribution in [0, 0.1) is 29.9 Å². The predicted octanol–water partition coefficient (Wildman–Crippen LogP) is 2.04. The Hall–Kier alpha value is -2.48. The van der Waals surface area contributed by atoms with Gasteiger partial charge >= 0.3 is 5.97 Å². The van der Waals surface area contributed by atoms with Gasteiger partial charge in [0, 0.05) is 6.07 Å². The molecule has 0 spiro atoms. The lowest BCUT2D eigenvalue weighted by Crippen LogP contribution is -2.41. The van der Waals surface area contributed by atoms with E-state index in [1.54, 1.807) is 13.0 Å². The summed E-state index contributed by atoms with van der Waals surface area (Å²) in [5, 5.41) is 13.8. The van der Waals surface area contributed by atoms with E-state index in [0.29, 0.717) is 25.9 Å². The number of methoxy groups -OCH3 is 1. The maximum atomic E-state index is 12.3. The SMILES string of the molecule is COC(=O)C1CCN(CC(=O)Nc2cc(C)c(C)cc2[N+](=O)[O-])CC1. The number of amides is 1. The van der Waals surface area contributed by atoms with Crippen LogP contribution in [0.4, 0.5) is 11.4 Å². The summed E-state index contributed by atoms with van der Waals surface area (Å²) < 4.78 is 4.74. The van der Waals surface area contributed by atoms with E-state index in [1.165, 1.54) is 13.2 Å². The van der Waals surface area contributed by atoms with Gasteiger partial charge in [0.2, 0.25) is 5.91 Å². The highest BCUT2D eigenvalue weighted by molar-refractivity contribution is 5.94. The highest BCUT2D eigenvalue weighted by atomic mass is 16.6. The number of nitro groups is 1. The molecule has 0 radical (unpaired) electrons. The highest BCUT2D eigenvalue weighted by Crippen LogP contribution is 2.28. The quantitative estimate of drug-likeness (QED) is 0.496. The molecule has 1 aliphatic rings. The number of carbonyl (C=O) groups is 2. The van der Waals surface area contributed by atoms with E-state index in [4.69, 9.17) is 4.74 Å². The molecule has 25 heavy (non-hydrogen) atoms. The lowest BCUT2D eigenvalue weighted by molar-refractivity contribution is -0.384. The van der Waals surface area contributed by atoms with Crippen LogP contribution in [0.1, 0.15) is 24.0 Å². The zero-order valence-electron chi connectivity index (χ0n) is 14.7. The third-order valence-corrected chi connectivity index (χ3v) is 4.57. The Morgan fingerprint density at radius 3 is 2.44 bits per heavy atom. The predicted molar refractivity (Wildman–Crippen MR) is 92.4 cm³/mol. The van der Waals surface area contributed by atoms with Crippen LogP contribution in [-0.2, 0) is 14.3 Å². The monoisotopic (exact) mass is 349 g/mol. The minimum absolute atomic E-state index is 0.110. The van der Waals surface area contributed by atoms with Crippen molar-refractivity contribution in [2.24, 2.45) is 5.92 Å². The van der Waals surface area contributed by atoms with Crippen LogP contribution in [0.2, 0.25) is 0 Å². The minimum Gasteiger partial charge on any atom is -0.469 e. The molecule has 1 aliphatic heterocycles. The summed E-state index contributed by atoms with van der Waals surface area (Å²) >= 11 is 0. The molecule has 0 unspecified atom stereocenters. The van der Waals surface area contributed by atoms with Gasteiger partial charge in [-0.15, -0.1) is 0 Å². The summed E-state index contributed by atoms with van der Waals surface area (Å²) in [4.78, 5) is 36.4. The summed E-state index contributed by atoms with van der Waals surface area (Å²) in [5.74, 6) is -0.636. The highest BCUT2D eigenvalue weighted by Gasteiger charge is 2.27. The Morgan fingerprint density at radius 2 is 1.88 bits per heavy atom. The Morgan fingerprint density at radius 1 is 1.28 bits per heavy atom. The Bertz CT molecular complexity index is 681. The average Bonchev–Trinajstić information content (AvgIpc) is 2.57. The average molecular weight is 349 g/mol. The van der Waals surface area contributed by atoms with Crippen molar-refractivity contribution < 1.29 is 19.2 Å². The number of aryl methyl sites for hydroxylation is 2. The second-order valence-corrected chi connectivity index (χ2v) is 6.33. The minimum atomic E-state index is -0.496. The second kappa shape index (κ2) is 8.06. The van der Waals surface area contributed by atoms with Crippen LogP contribution in [0.5, 0.6) is 0 Å². The molecule has 2 rings (SSSR count). The number of ether oxygens (including phenoxy) is 1. The number of piperidine rings is 1. The number of hydrogen-bond acceptors (Lipinski definition) is 6. The molecule has 0 saturated carbocycles. The molecule has 0 aromatic heterocycles. The van der Waals surface area contributed by atoms with Crippen molar-refractivity contribution >= 4 is 23.3 Å². The molecular formula is C17H23N3O5. The lowest BCUT2D eigenvalue weighted by Gasteiger charge is -2.29. The van der Waals surface area contributed by atoms with Crippen molar-refractivity contribution in [3.63, 3.8) is 0 Å². The zero-order valence-corrected chi connectivity index (χ0v) is 14.7. The van der Waals surface area contributed by atoms with E-state index >= 15 is 0 Å². The van der Waals surface area contributed by atoms with Crippen LogP contribution in [0.25, 0.3) is 0 Å². The van der Waals surface area contributed by atoms with E-state index < -0.39 is 4.92 Å². The topological polar surface area (TPSA) is 102 Å². The van der Waals surface area contributed by atoms with Gasteiger partial charge in [-0.05, 0) is 57.0 Å². The van der Waals surface area contributed by atoms with Gasteiger partial charge in [0.1, 0.15) is 5.69 Å². The summed E-state index contributed by atoms with van der Waals surface area (Å²) in [7, 11) is 1.37. The molecule has 1 amide bonds. The van der Waals surface area contributed by atoms with Gasteiger partial charge < -0.3 is 10.1 Å². The molecule has 8 heteroatoms. The smallest absolute Gasteiger partial charge is 0.308 e. The van der Waals surface area contributed by atoms with Crippen molar-refractivity contribution in [1.29, 1.82) is 0 Å². The number of rotatable bonds is 5. The molecule has 0 atom stereocenters. The van der Waals surface area contributed by atoms with Crippen LogP contribution in [0.15, 0.2) is 12.1 Å². The molecule has 1 aromatic carbocycles. The number of carbonyl (C=O) groups excluding carboxylic acids is 2. The summed E-state index contributed by atoms with van der Waals surface area (Å²) in [5.41, 5.74) is 1.78. The largest absolute Gasteiger partial charge is 0.469 e. The molecule has 0 bridgehead atoms. The first-order valence-electron chi connectivity index (χ1n) is 8.17. The van der Waals surface area contributed by atoms with Crippen molar-refractivity contribution in [3.8, 4) is 0 Å². The molecule has 1 heterocycles. The second-order valence-electron chi connectivity index (χ2n) is 6.33. The first-order chi connectivity index (χ1) is 11.8. The van der Waals surface area contributed by atoms with Gasteiger partial charge in [-0.25, -0.2) is 0 Å². The van der Waals surface area contributed by atoms with E-state index in [1.807, 2.05) is 11.8 Å². The normalized spacial score (nSPS) is 15.6. The fourth-order valence-corrected chi connectivity index (χ4v) is 2.94. The van der Waals surface area contributed by atoms with E-state index in [9.17, 15) is 19.7 Å². The maximum Gasteiger partial charge on any atom is 0.308 e. The van der Waals surface area contributed by atoms with Crippen LogP contribution in [-0.4, -0.2) is 48.4 Å². The van der Waals surface area contributed by atoms with Gasteiger partial charge in [0.25, 0.3) is 5.69 Å². The number of benzene rings is 1. The number of esters is 1.